The van der Waals surface area contributed by atoms with Gasteiger partial charge in [0.05, 0.1) is 0 Å². The van der Waals surface area contributed by atoms with Crippen LogP contribution in [0.1, 0.15) is 19.8 Å². The van der Waals surface area contributed by atoms with Crippen LogP contribution in [0.25, 0.3) is 0 Å². The van der Waals surface area contributed by atoms with E-state index in [1.807, 2.05) is 0 Å². The molecule has 0 aliphatic heterocycles. The molecule has 0 N–H and O–H groups in total. The van der Waals surface area contributed by atoms with Gasteiger partial charge in [-0.05, 0) is 0 Å². The topological polar surface area (TPSA) is 0 Å². The summed E-state index contributed by atoms with van der Waals surface area (Å²) in [6.45, 7) is 2.16. The first kappa shape index (κ1) is 5.49. The number of unbranched alkanes of at least 4 members (excludes halogenated alkanes) is 1. The van der Waals surface area contributed by atoms with Crippen molar-refractivity contribution < 1.29 is 17.9 Å². The van der Waals surface area contributed by atoms with Gasteiger partial charge in [0.1, 0.15) is 0 Å². The van der Waals surface area contributed by atoms with Gasteiger partial charge in [0.2, 0.25) is 0 Å². The van der Waals surface area contributed by atoms with Gasteiger partial charge in [0.15, 0.2) is 0 Å². The second-order valence-electron chi connectivity index (χ2n) is 0.925. The van der Waals surface area contributed by atoms with E-state index in [0.717, 1.165) is 0 Å². The maximum atomic E-state index is 2.73. The molecule has 0 aliphatic carbocycles. The zero-order chi connectivity index (χ0) is 4.12. The Labute approximate surface area is 42.8 Å². The Morgan fingerprint density at radius 3 is 2.40 bits per heavy atom. The van der Waals surface area contributed by atoms with Crippen LogP contribution in [-0.4, -0.2) is 4.61 Å². The molecule has 0 atom stereocenters. The summed E-state index contributed by atoms with van der Waals surface area (Å²) in [5.41, 5.74) is 0. The second-order valence-corrected chi connectivity index (χ2v) is 1.59. The molecule has 0 aromatic heterocycles. The van der Waals surface area contributed by atoms with Crippen LogP contribution >= 0.6 is 0 Å². The first-order chi connectivity index (χ1) is 2.41. The Kier molecular flexibility index (Phi) is 4.94. The van der Waals surface area contributed by atoms with Crippen molar-refractivity contribution in [2.24, 2.45) is 0 Å². The molecular formula is C4H8Rh. The Morgan fingerprint density at radius 2 is 2.40 bits per heavy atom. The van der Waals surface area contributed by atoms with Crippen LogP contribution in [-0.2, 0) is 17.9 Å². The molecule has 0 aromatic rings. The normalized spacial score (nSPS) is 7.60. The van der Waals surface area contributed by atoms with Crippen molar-refractivity contribution in [2.45, 2.75) is 19.8 Å². The van der Waals surface area contributed by atoms with Gasteiger partial charge in [-0.3, -0.25) is 0 Å². The van der Waals surface area contributed by atoms with Crippen molar-refractivity contribution in [3.63, 3.8) is 0 Å². The molecule has 0 radical (unpaired) electrons. The van der Waals surface area contributed by atoms with Gasteiger partial charge < -0.3 is 0 Å². The van der Waals surface area contributed by atoms with Crippen molar-refractivity contribution in [2.75, 3.05) is 0 Å². The summed E-state index contributed by atoms with van der Waals surface area (Å²) in [6, 6.07) is 0. The van der Waals surface area contributed by atoms with Crippen molar-refractivity contribution >= 4 is 4.61 Å². The molecule has 5 heavy (non-hydrogen) atoms. The van der Waals surface area contributed by atoms with Gasteiger partial charge in [-0.1, -0.05) is 0 Å². The molecule has 0 rings (SSSR count). The van der Waals surface area contributed by atoms with Crippen LogP contribution in [0.4, 0.5) is 0 Å². The van der Waals surface area contributed by atoms with E-state index < -0.39 is 0 Å². The molecule has 0 saturated carbocycles. The van der Waals surface area contributed by atoms with Gasteiger partial charge in [0.25, 0.3) is 0 Å². The fraction of sp³-hybridized carbons (Fsp3) is 0.750. The van der Waals surface area contributed by atoms with Crippen LogP contribution in [0.5, 0.6) is 0 Å². The maximum absolute atomic E-state index is 2.73. The molecule has 0 unspecified atom stereocenters. The Morgan fingerprint density at radius 1 is 1.80 bits per heavy atom. The van der Waals surface area contributed by atoms with Gasteiger partial charge in [-0.15, -0.1) is 0 Å². The van der Waals surface area contributed by atoms with Crippen molar-refractivity contribution in [1.82, 2.24) is 0 Å². The van der Waals surface area contributed by atoms with E-state index in [2.05, 4.69) is 29.4 Å². The molecule has 0 amide bonds. The average Bonchev–Trinajstić information content (AvgIpc) is 1.41. The van der Waals surface area contributed by atoms with Crippen LogP contribution in [0.15, 0.2) is 0 Å². The van der Waals surface area contributed by atoms with Gasteiger partial charge >= 0.3 is 42.2 Å². The first-order valence-corrected chi connectivity index (χ1v) is 2.75. The van der Waals surface area contributed by atoms with Crippen LogP contribution in [0.3, 0.4) is 0 Å². The molecule has 1 heteroatoms. The first-order valence-electron chi connectivity index (χ1n) is 1.81. The summed E-state index contributed by atoms with van der Waals surface area (Å²) in [6.07, 6.45) is 2.48. The molecule has 33 valence electrons. The minimum atomic E-state index is 1.22. The fourth-order valence-corrected chi connectivity index (χ4v) is 0.569. The van der Waals surface area contributed by atoms with Gasteiger partial charge in [-0.2, -0.15) is 0 Å². The Balaban J connectivity index is 2.40. The molecule has 0 aliphatic rings. The molecule has 0 spiro atoms. The summed E-state index contributed by atoms with van der Waals surface area (Å²) >= 11 is 2.73. The fourth-order valence-electron chi connectivity index (χ4n) is 0.0962. The van der Waals surface area contributed by atoms with E-state index >= 15 is 0 Å². The van der Waals surface area contributed by atoms with E-state index in [9.17, 15) is 0 Å². The average molecular weight is 159 g/mol. The third kappa shape index (κ3) is 4.49. The zero-order valence-electron chi connectivity index (χ0n) is 3.32. The summed E-state index contributed by atoms with van der Waals surface area (Å²) in [5, 5.41) is 0. The predicted molar refractivity (Wildman–Crippen MR) is 21.0 cm³/mol. The number of hydrogen-bond donors (Lipinski definition) is 0. The Bertz CT molecular complexity index is 24.8. The minimum absolute atomic E-state index is 1.22. The third-order valence-electron chi connectivity index (χ3n) is 0.385. The molecule has 0 fully saturated rings. The van der Waals surface area contributed by atoms with E-state index in [0.29, 0.717) is 0 Å². The van der Waals surface area contributed by atoms with E-state index in [1.54, 1.807) is 0 Å². The number of hydrogen-bond acceptors (Lipinski definition) is 0. The van der Waals surface area contributed by atoms with E-state index in [1.165, 1.54) is 12.8 Å². The van der Waals surface area contributed by atoms with Gasteiger partial charge in [0, 0.05) is 0 Å². The predicted octanol–water partition coefficient (Wildman–Crippen LogP) is 1.14. The van der Waals surface area contributed by atoms with Crippen LogP contribution in [0.2, 0.25) is 0 Å². The summed E-state index contributed by atoms with van der Waals surface area (Å²) in [7, 11) is 0. The van der Waals surface area contributed by atoms with E-state index in [-0.39, 0.29) is 0 Å². The molecule has 0 saturated heterocycles. The van der Waals surface area contributed by atoms with Crippen LogP contribution in [0, 0.1) is 0 Å². The zero-order valence-corrected chi connectivity index (χ0v) is 4.96. The third-order valence-corrected chi connectivity index (χ3v) is 0.858. The standard InChI is InChI=1S/C4H8.Rh/c1-3-4-2;/h1H,3-4H2,2H3;. The monoisotopic (exact) mass is 159 g/mol. The molecule has 0 nitrogen and oxygen atoms in total. The summed E-state index contributed by atoms with van der Waals surface area (Å²) in [4.78, 5) is 0. The summed E-state index contributed by atoms with van der Waals surface area (Å²) < 4.78 is 2.07. The summed E-state index contributed by atoms with van der Waals surface area (Å²) in [5.74, 6) is 0. The molecule has 0 aromatic carbocycles. The van der Waals surface area contributed by atoms with Crippen LogP contribution < -0.4 is 0 Å². The SMILES string of the molecule is CCC[CH]=[Rh]. The van der Waals surface area contributed by atoms with Crippen molar-refractivity contribution in [3.8, 4) is 0 Å². The van der Waals surface area contributed by atoms with Crippen molar-refractivity contribution in [3.05, 3.63) is 0 Å². The van der Waals surface area contributed by atoms with E-state index in [4.69, 9.17) is 0 Å². The molecule has 0 bridgehead atoms. The quantitative estimate of drug-likeness (QED) is 0.530. The van der Waals surface area contributed by atoms with Crippen molar-refractivity contribution in [1.29, 1.82) is 0 Å². The number of rotatable bonds is 2. The molecular weight excluding hydrogens is 151 g/mol. The van der Waals surface area contributed by atoms with Gasteiger partial charge in [-0.25, -0.2) is 0 Å². The molecule has 0 heterocycles. The Hall–Kier alpha value is 0.493. The second kappa shape index (κ2) is 4.49.